The number of rotatable bonds is 6. The molecule has 0 atom stereocenters. The van der Waals surface area contributed by atoms with Crippen LogP contribution in [0.1, 0.15) is 25.3 Å². The molecule has 0 fully saturated rings. The van der Waals surface area contributed by atoms with E-state index in [1.807, 2.05) is 24.3 Å². The van der Waals surface area contributed by atoms with Crippen molar-refractivity contribution in [3.63, 3.8) is 0 Å². The number of hydrogen-bond acceptors (Lipinski definition) is 3. The number of unbranched alkanes of at least 4 members (excludes halogenated alkanes) is 1. The number of ether oxygens (including phenoxy) is 1. The second-order valence-electron chi connectivity index (χ2n) is 3.51. The first-order valence-electron chi connectivity index (χ1n) is 5.53. The number of nitrogens with one attached hydrogen (secondary N) is 1. The van der Waals surface area contributed by atoms with E-state index in [1.54, 1.807) is 6.21 Å². The van der Waals surface area contributed by atoms with Gasteiger partial charge in [0.05, 0.1) is 12.8 Å². The summed E-state index contributed by atoms with van der Waals surface area (Å²) in [6.45, 7) is 2.89. The topological polar surface area (TPSA) is 59.6 Å². The van der Waals surface area contributed by atoms with Gasteiger partial charge in [0, 0.05) is 0 Å². The Kier molecular flexibility index (Phi) is 6.03. The molecule has 0 aliphatic rings. The molecule has 0 aliphatic heterocycles. The standard InChI is InChI=1S/C12H17N3OS/c1-2-3-8-16-11-6-4-10(5-7-11)9-14-15-12(13)17/h4-7,9H,2-3,8H2,1H3,(H3,13,15,17)/b14-9-. The fraction of sp³-hybridized carbons (Fsp3) is 0.333. The van der Waals surface area contributed by atoms with E-state index in [-0.39, 0.29) is 5.11 Å². The van der Waals surface area contributed by atoms with E-state index in [2.05, 4.69) is 29.7 Å². The summed E-state index contributed by atoms with van der Waals surface area (Å²) in [5.41, 5.74) is 8.69. The summed E-state index contributed by atoms with van der Waals surface area (Å²) < 4.78 is 5.54. The lowest BCUT2D eigenvalue weighted by molar-refractivity contribution is 0.309. The smallest absolute Gasteiger partial charge is 0.184 e. The molecule has 17 heavy (non-hydrogen) atoms. The lowest BCUT2D eigenvalue weighted by Crippen LogP contribution is -2.23. The first-order valence-corrected chi connectivity index (χ1v) is 5.94. The van der Waals surface area contributed by atoms with Crippen molar-refractivity contribution in [2.45, 2.75) is 19.8 Å². The van der Waals surface area contributed by atoms with E-state index in [1.165, 1.54) is 0 Å². The molecule has 0 heterocycles. The average Bonchev–Trinajstić information content (AvgIpc) is 2.31. The highest BCUT2D eigenvalue weighted by molar-refractivity contribution is 7.80. The van der Waals surface area contributed by atoms with E-state index >= 15 is 0 Å². The lowest BCUT2D eigenvalue weighted by atomic mass is 10.2. The van der Waals surface area contributed by atoms with Gasteiger partial charge in [-0.2, -0.15) is 5.10 Å². The van der Waals surface area contributed by atoms with Crippen molar-refractivity contribution in [2.75, 3.05) is 6.61 Å². The number of hydrogen-bond donors (Lipinski definition) is 2. The predicted molar refractivity (Wildman–Crippen MR) is 74.4 cm³/mol. The van der Waals surface area contributed by atoms with Gasteiger partial charge in [0.1, 0.15) is 5.75 Å². The quantitative estimate of drug-likeness (QED) is 0.351. The summed E-state index contributed by atoms with van der Waals surface area (Å²) >= 11 is 4.62. The maximum atomic E-state index is 5.54. The van der Waals surface area contributed by atoms with Gasteiger partial charge in [-0.25, -0.2) is 0 Å². The Morgan fingerprint density at radius 1 is 1.47 bits per heavy atom. The van der Waals surface area contributed by atoms with Crippen LogP contribution >= 0.6 is 12.2 Å². The minimum Gasteiger partial charge on any atom is -0.494 e. The van der Waals surface area contributed by atoms with Crippen molar-refractivity contribution in [2.24, 2.45) is 10.8 Å². The van der Waals surface area contributed by atoms with Crippen molar-refractivity contribution >= 4 is 23.5 Å². The zero-order valence-electron chi connectivity index (χ0n) is 9.85. The van der Waals surface area contributed by atoms with Crippen LogP contribution in [0.25, 0.3) is 0 Å². The van der Waals surface area contributed by atoms with E-state index < -0.39 is 0 Å². The molecule has 0 saturated carbocycles. The lowest BCUT2D eigenvalue weighted by Gasteiger charge is -2.04. The Hall–Kier alpha value is -1.62. The van der Waals surface area contributed by atoms with Crippen LogP contribution in [0.4, 0.5) is 0 Å². The van der Waals surface area contributed by atoms with Crippen LogP contribution in [-0.2, 0) is 0 Å². The minimum absolute atomic E-state index is 0.153. The van der Waals surface area contributed by atoms with Crippen molar-refractivity contribution in [3.8, 4) is 5.75 Å². The summed E-state index contributed by atoms with van der Waals surface area (Å²) in [7, 11) is 0. The number of benzene rings is 1. The molecule has 0 aliphatic carbocycles. The molecule has 0 bridgehead atoms. The van der Waals surface area contributed by atoms with Crippen LogP contribution in [0.3, 0.4) is 0 Å². The molecule has 1 aromatic carbocycles. The zero-order valence-corrected chi connectivity index (χ0v) is 10.7. The Morgan fingerprint density at radius 3 is 2.76 bits per heavy atom. The van der Waals surface area contributed by atoms with Crippen molar-refractivity contribution in [1.82, 2.24) is 5.43 Å². The summed E-state index contributed by atoms with van der Waals surface area (Å²) in [6.07, 6.45) is 3.85. The van der Waals surface area contributed by atoms with Crippen LogP contribution in [0.15, 0.2) is 29.4 Å². The summed E-state index contributed by atoms with van der Waals surface area (Å²) in [5, 5.41) is 4.02. The van der Waals surface area contributed by atoms with E-state index in [4.69, 9.17) is 10.5 Å². The first-order chi connectivity index (χ1) is 8.22. The van der Waals surface area contributed by atoms with Gasteiger partial charge in [0.15, 0.2) is 5.11 Å². The van der Waals surface area contributed by atoms with E-state index in [0.29, 0.717) is 0 Å². The van der Waals surface area contributed by atoms with Gasteiger partial charge in [-0.3, -0.25) is 5.43 Å². The largest absolute Gasteiger partial charge is 0.494 e. The van der Waals surface area contributed by atoms with Crippen molar-refractivity contribution < 1.29 is 4.74 Å². The predicted octanol–water partition coefficient (Wildman–Crippen LogP) is 2.03. The maximum Gasteiger partial charge on any atom is 0.184 e. The SMILES string of the molecule is CCCCOc1ccc(/C=N\NC(N)=S)cc1. The molecule has 0 spiro atoms. The van der Waals surface area contributed by atoms with Crippen LogP contribution in [0, 0.1) is 0 Å². The van der Waals surface area contributed by atoms with Crippen LogP contribution < -0.4 is 15.9 Å². The van der Waals surface area contributed by atoms with E-state index in [9.17, 15) is 0 Å². The third-order valence-corrected chi connectivity index (χ3v) is 2.13. The van der Waals surface area contributed by atoms with Crippen molar-refractivity contribution in [1.29, 1.82) is 0 Å². The second kappa shape index (κ2) is 7.62. The maximum absolute atomic E-state index is 5.54. The summed E-state index contributed by atoms with van der Waals surface area (Å²) in [4.78, 5) is 0. The Morgan fingerprint density at radius 2 is 2.18 bits per heavy atom. The molecule has 0 unspecified atom stereocenters. The van der Waals surface area contributed by atoms with Crippen LogP contribution in [0.2, 0.25) is 0 Å². The number of hydrazone groups is 1. The molecule has 92 valence electrons. The monoisotopic (exact) mass is 251 g/mol. The highest BCUT2D eigenvalue weighted by Crippen LogP contribution is 2.11. The highest BCUT2D eigenvalue weighted by atomic mass is 32.1. The molecule has 0 saturated heterocycles. The number of thiocarbonyl (C=S) groups is 1. The molecule has 5 heteroatoms. The van der Waals surface area contributed by atoms with Gasteiger partial charge in [0.25, 0.3) is 0 Å². The average molecular weight is 251 g/mol. The molecule has 1 aromatic rings. The van der Waals surface area contributed by atoms with Gasteiger partial charge in [-0.1, -0.05) is 13.3 Å². The Labute approximate surface area is 107 Å². The van der Waals surface area contributed by atoms with Crippen molar-refractivity contribution in [3.05, 3.63) is 29.8 Å². The minimum atomic E-state index is 0.153. The molecular formula is C12H17N3OS. The Balaban J connectivity index is 2.44. The first kappa shape index (κ1) is 13.4. The van der Waals surface area contributed by atoms with E-state index in [0.717, 1.165) is 30.8 Å². The van der Waals surface area contributed by atoms with Gasteiger partial charge in [-0.05, 0) is 48.5 Å². The molecule has 0 aromatic heterocycles. The number of nitrogens with two attached hydrogens (primary N) is 1. The third-order valence-electron chi connectivity index (χ3n) is 2.04. The van der Waals surface area contributed by atoms with Crippen LogP contribution in [0.5, 0.6) is 5.75 Å². The summed E-state index contributed by atoms with van der Waals surface area (Å²) in [6, 6.07) is 7.67. The highest BCUT2D eigenvalue weighted by Gasteiger charge is 1.93. The fourth-order valence-electron chi connectivity index (χ4n) is 1.15. The zero-order chi connectivity index (χ0) is 12.5. The second-order valence-corrected chi connectivity index (χ2v) is 3.95. The van der Waals surface area contributed by atoms with Gasteiger partial charge in [-0.15, -0.1) is 0 Å². The molecule has 3 N–H and O–H groups in total. The normalized spacial score (nSPS) is 10.4. The molecule has 4 nitrogen and oxygen atoms in total. The Bertz CT molecular complexity index is 376. The fourth-order valence-corrected chi connectivity index (χ4v) is 1.21. The molecule has 0 amide bonds. The van der Waals surface area contributed by atoms with Gasteiger partial charge < -0.3 is 10.5 Å². The molecular weight excluding hydrogens is 234 g/mol. The van der Waals surface area contributed by atoms with Crippen LogP contribution in [-0.4, -0.2) is 17.9 Å². The number of nitrogens with zero attached hydrogens (tertiary/aromatic N) is 1. The van der Waals surface area contributed by atoms with Gasteiger partial charge >= 0.3 is 0 Å². The third kappa shape index (κ3) is 5.87. The molecule has 0 radical (unpaired) electrons. The summed E-state index contributed by atoms with van der Waals surface area (Å²) in [5.74, 6) is 0.873. The molecule has 1 rings (SSSR count). The van der Waals surface area contributed by atoms with Gasteiger partial charge in [0.2, 0.25) is 0 Å².